The second-order valence-electron chi connectivity index (χ2n) is 5.41. The Morgan fingerprint density at radius 3 is 2.65 bits per heavy atom. The smallest absolute Gasteiger partial charge is 0.248 e. The van der Waals surface area contributed by atoms with Crippen LogP contribution in [-0.2, 0) is 6.54 Å². The lowest BCUT2D eigenvalue weighted by Gasteiger charge is -2.15. The van der Waals surface area contributed by atoms with Crippen LogP contribution in [0.2, 0.25) is 0 Å². The van der Waals surface area contributed by atoms with E-state index in [4.69, 9.17) is 15.2 Å². The Morgan fingerprint density at radius 2 is 2.00 bits per heavy atom. The lowest BCUT2D eigenvalue weighted by atomic mass is 10.1. The van der Waals surface area contributed by atoms with E-state index in [2.05, 4.69) is 15.6 Å². The van der Waals surface area contributed by atoms with Gasteiger partial charge in [0, 0.05) is 30.9 Å². The number of nitrogens with zero attached hydrogens (tertiary/aromatic N) is 1. The standard InChI is InChI=1S/C19H24N4O3/c1-4-26-16-9-8-15(11-17(16)25-3)23-19(21-2)22-12-13-6-5-7-14(10-13)18(20)24/h5-11H,4,12H2,1-3H3,(H2,20,24)(H2,21,22,23). The predicted molar refractivity (Wildman–Crippen MR) is 103 cm³/mol. The van der Waals surface area contributed by atoms with Gasteiger partial charge in [-0.3, -0.25) is 9.79 Å². The fraction of sp³-hybridized carbons (Fsp3) is 0.263. The van der Waals surface area contributed by atoms with Gasteiger partial charge in [-0.05, 0) is 36.8 Å². The second-order valence-corrected chi connectivity index (χ2v) is 5.41. The van der Waals surface area contributed by atoms with Crippen molar-refractivity contribution in [2.24, 2.45) is 10.7 Å². The van der Waals surface area contributed by atoms with E-state index in [1.165, 1.54) is 0 Å². The number of primary amides is 1. The molecule has 0 aliphatic carbocycles. The summed E-state index contributed by atoms with van der Waals surface area (Å²) in [6.45, 7) is 2.98. The highest BCUT2D eigenvalue weighted by Gasteiger charge is 2.07. The predicted octanol–water partition coefficient (Wildman–Crippen LogP) is 2.38. The summed E-state index contributed by atoms with van der Waals surface area (Å²) in [5.41, 5.74) is 7.52. The summed E-state index contributed by atoms with van der Waals surface area (Å²) < 4.78 is 10.9. The zero-order valence-electron chi connectivity index (χ0n) is 15.2. The van der Waals surface area contributed by atoms with E-state index in [0.29, 0.717) is 36.2 Å². The van der Waals surface area contributed by atoms with Crippen LogP contribution in [0.15, 0.2) is 47.5 Å². The van der Waals surface area contributed by atoms with E-state index >= 15 is 0 Å². The normalized spacial score (nSPS) is 11.0. The number of carbonyl (C=O) groups excluding carboxylic acids is 1. The first-order valence-corrected chi connectivity index (χ1v) is 8.24. The van der Waals surface area contributed by atoms with Crippen LogP contribution in [0.25, 0.3) is 0 Å². The molecule has 2 rings (SSSR count). The molecule has 4 N–H and O–H groups in total. The van der Waals surface area contributed by atoms with Crippen molar-refractivity contribution >= 4 is 17.6 Å². The van der Waals surface area contributed by atoms with Crippen molar-refractivity contribution in [1.29, 1.82) is 0 Å². The molecule has 0 aromatic heterocycles. The molecule has 0 fully saturated rings. The number of nitrogens with one attached hydrogen (secondary N) is 2. The van der Waals surface area contributed by atoms with Gasteiger partial charge in [0.2, 0.25) is 5.91 Å². The first-order chi connectivity index (χ1) is 12.6. The number of anilines is 1. The molecule has 0 aliphatic heterocycles. The SMILES string of the molecule is CCOc1ccc(NC(=NC)NCc2cccc(C(N)=O)c2)cc1OC. The number of carbonyl (C=O) groups is 1. The highest BCUT2D eigenvalue weighted by Crippen LogP contribution is 2.30. The second kappa shape index (κ2) is 9.31. The molecule has 7 heteroatoms. The molecule has 0 saturated heterocycles. The molecule has 0 aliphatic rings. The van der Waals surface area contributed by atoms with Gasteiger partial charge in [-0.15, -0.1) is 0 Å². The molecule has 7 nitrogen and oxygen atoms in total. The van der Waals surface area contributed by atoms with Crippen LogP contribution in [0, 0.1) is 0 Å². The van der Waals surface area contributed by atoms with E-state index in [1.807, 2.05) is 31.2 Å². The van der Waals surface area contributed by atoms with Crippen LogP contribution in [0.3, 0.4) is 0 Å². The zero-order chi connectivity index (χ0) is 18.9. The Balaban J connectivity index is 2.04. The number of guanidine groups is 1. The maximum atomic E-state index is 11.3. The van der Waals surface area contributed by atoms with Crippen molar-refractivity contribution < 1.29 is 14.3 Å². The van der Waals surface area contributed by atoms with Crippen molar-refractivity contribution in [3.8, 4) is 11.5 Å². The van der Waals surface area contributed by atoms with E-state index in [-0.39, 0.29) is 0 Å². The fourth-order valence-corrected chi connectivity index (χ4v) is 2.36. The number of amides is 1. The van der Waals surface area contributed by atoms with Gasteiger partial charge in [0.1, 0.15) is 0 Å². The third-order valence-electron chi connectivity index (χ3n) is 3.62. The van der Waals surface area contributed by atoms with Gasteiger partial charge in [0.25, 0.3) is 0 Å². The van der Waals surface area contributed by atoms with Crippen molar-refractivity contribution in [3.63, 3.8) is 0 Å². The maximum Gasteiger partial charge on any atom is 0.248 e. The Kier molecular flexibility index (Phi) is 6.84. The number of ether oxygens (including phenoxy) is 2. The Bertz CT molecular complexity index is 790. The minimum atomic E-state index is -0.448. The van der Waals surface area contributed by atoms with Gasteiger partial charge >= 0.3 is 0 Å². The largest absolute Gasteiger partial charge is 0.493 e. The molecule has 0 unspecified atom stereocenters. The van der Waals surface area contributed by atoms with Gasteiger partial charge in [-0.25, -0.2) is 0 Å². The first-order valence-electron chi connectivity index (χ1n) is 8.24. The lowest BCUT2D eigenvalue weighted by molar-refractivity contribution is 0.1000. The minimum absolute atomic E-state index is 0.448. The molecule has 0 saturated carbocycles. The van der Waals surface area contributed by atoms with Crippen LogP contribution >= 0.6 is 0 Å². The van der Waals surface area contributed by atoms with E-state index < -0.39 is 5.91 Å². The van der Waals surface area contributed by atoms with Gasteiger partial charge < -0.3 is 25.8 Å². The van der Waals surface area contributed by atoms with E-state index in [0.717, 1.165) is 11.3 Å². The average molecular weight is 356 g/mol. The average Bonchev–Trinajstić information content (AvgIpc) is 2.66. The van der Waals surface area contributed by atoms with E-state index in [9.17, 15) is 4.79 Å². The van der Waals surface area contributed by atoms with Crippen LogP contribution in [0.5, 0.6) is 11.5 Å². The number of aliphatic imine (C=N–C) groups is 1. The number of methoxy groups -OCH3 is 1. The third-order valence-corrected chi connectivity index (χ3v) is 3.62. The molecule has 26 heavy (non-hydrogen) atoms. The fourth-order valence-electron chi connectivity index (χ4n) is 2.36. The number of rotatable bonds is 7. The number of benzene rings is 2. The number of nitrogens with two attached hydrogens (primary N) is 1. The molecule has 0 spiro atoms. The maximum absolute atomic E-state index is 11.3. The molecule has 0 bridgehead atoms. The van der Waals surface area contributed by atoms with Crippen molar-refractivity contribution in [2.75, 3.05) is 26.1 Å². The topological polar surface area (TPSA) is 98.0 Å². The summed E-state index contributed by atoms with van der Waals surface area (Å²) in [5.74, 6) is 1.46. The zero-order valence-corrected chi connectivity index (χ0v) is 15.2. The van der Waals surface area contributed by atoms with Gasteiger partial charge in [0.05, 0.1) is 13.7 Å². The summed E-state index contributed by atoms with van der Waals surface area (Å²) >= 11 is 0. The quantitative estimate of drug-likeness (QED) is 0.523. The highest BCUT2D eigenvalue weighted by molar-refractivity contribution is 5.94. The van der Waals surface area contributed by atoms with Crippen LogP contribution < -0.4 is 25.8 Å². The Hall–Kier alpha value is -3.22. The third kappa shape index (κ3) is 5.14. The molecule has 0 atom stereocenters. The summed E-state index contributed by atoms with van der Waals surface area (Å²) in [4.78, 5) is 15.5. The van der Waals surface area contributed by atoms with Gasteiger partial charge in [-0.2, -0.15) is 0 Å². The molecular formula is C19H24N4O3. The molecule has 0 radical (unpaired) electrons. The first kappa shape index (κ1) is 19.1. The highest BCUT2D eigenvalue weighted by atomic mass is 16.5. The Morgan fingerprint density at radius 1 is 1.19 bits per heavy atom. The summed E-state index contributed by atoms with van der Waals surface area (Å²) in [5, 5.41) is 6.38. The molecule has 2 aromatic rings. The van der Waals surface area contributed by atoms with Crippen LogP contribution in [0.1, 0.15) is 22.8 Å². The molecule has 138 valence electrons. The summed E-state index contributed by atoms with van der Waals surface area (Å²) in [6.07, 6.45) is 0. The van der Waals surface area contributed by atoms with Gasteiger partial charge in [0.15, 0.2) is 17.5 Å². The molecule has 2 aromatic carbocycles. The summed E-state index contributed by atoms with van der Waals surface area (Å²) in [6, 6.07) is 12.7. The van der Waals surface area contributed by atoms with Crippen molar-refractivity contribution in [3.05, 3.63) is 53.6 Å². The van der Waals surface area contributed by atoms with Crippen molar-refractivity contribution in [2.45, 2.75) is 13.5 Å². The monoisotopic (exact) mass is 356 g/mol. The van der Waals surface area contributed by atoms with Crippen molar-refractivity contribution in [1.82, 2.24) is 5.32 Å². The molecular weight excluding hydrogens is 332 g/mol. The number of hydrogen-bond donors (Lipinski definition) is 3. The van der Waals surface area contributed by atoms with E-state index in [1.54, 1.807) is 32.4 Å². The molecule has 1 amide bonds. The van der Waals surface area contributed by atoms with Gasteiger partial charge in [-0.1, -0.05) is 12.1 Å². The lowest BCUT2D eigenvalue weighted by Crippen LogP contribution is -2.30. The summed E-state index contributed by atoms with van der Waals surface area (Å²) in [7, 11) is 3.28. The Labute approximate surface area is 153 Å². The minimum Gasteiger partial charge on any atom is -0.493 e. The van der Waals surface area contributed by atoms with Crippen LogP contribution in [0.4, 0.5) is 5.69 Å². The molecule has 0 heterocycles. The number of hydrogen-bond acceptors (Lipinski definition) is 4. The van der Waals surface area contributed by atoms with Crippen LogP contribution in [-0.4, -0.2) is 32.6 Å².